The maximum Gasteiger partial charge on any atom is 0.0590 e. The van der Waals surface area contributed by atoms with Gasteiger partial charge in [-0.15, -0.1) is 0 Å². The van der Waals surface area contributed by atoms with Gasteiger partial charge in [0.15, 0.2) is 0 Å². The van der Waals surface area contributed by atoms with Crippen molar-refractivity contribution in [2.45, 2.75) is 51.7 Å². The molecule has 1 aromatic rings. The average molecular weight is 247 g/mol. The Labute approximate surface area is 111 Å². The molecule has 0 amide bonds. The van der Waals surface area contributed by atoms with Gasteiger partial charge in [0.1, 0.15) is 0 Å². The van der Waals surface area contributed by atoms with E-state index in [1.54, 1.807) is 0 Å². The number of nitrogens with two attached hydrogens (primary N) is 1. The molecule has 1 fully saturated rings. The summed E-state index contributed by atoms with van der Waals surface area (Å²) in [6.45, 7) is 7.45. The molecule has 1 heterocycles. The first kappa shape index (κ1) is 13.6. The third-order valence-corrected chi connectivity index (χ3v) is 4.10. The van der Waals surface area contributed by atoms with Crippen molar-refractivity contribution < 1.29 is 4.74 Å². The van der Waals surface area contributed by atoms with E-state index >= 15 is 0 Å². The molecule has 0 aliphatic carbocycles. The van der Waals surface area contributed by atoms with E-state index in [1.165, 1.54) is 11.1 Å². The van der Waals surface area contributed by atoms with Crippen molar-refractivity contribution in [2.24, 2.45) is 11.7 Å². The second-order valence-corrected chi connectivity index (χ2v) is 5.79. The highest BCUT2D eigenvalue weighted by molar-refractivity contribution is 5.25. The molecule has 2 rings (SSSR count). The number of benzene rings is 1. The van der Waals surface area contributed by atoms with Crippen LogP contribution in [0.25, 0.3) is 0 Å². The zero-order chi connectivity index (χ0) is 13.1. The predicted molar refractivity (Wildman–Crippen MR) is 75.7 cm³/mol. The average Bonchev–Trinajstić information content (AvgIpc) is 2.76. The summed E-state index contributed by atoms with van der Waals surface area (Å²) in [6.07, 6.45) is 2.37. The number of rotatable bonds is 4. The van der Waals surface area contributed by atoms with Gasteiger partial charge in [0.05, 0.1) is 6.10 Å². The number of ether oxygens (including phenoxy) is 1. The van der Waals surface area contributed by atoms with Crippen molar-refractivity contribution in [3.8, 4) is 0 Å². The lowest BCUT2D eigenvalue weighted by Gasteiger charge is -2.22. The number of hydrogen-bond donors (Lipinski definition) is 1. The van der Waals surface area contributed by atoms with Crippen molar-refractivity contribution in [1.29, 1.82) is 0 Å². The molecule has 100 valence electrons. The maximum atomic E-state index is 6.32. The molecule has 1 saturated heterocycles. The minimum Gasteiger partial charge on any atom is -0.378 e. The second kappa shape index (κ2) is 5.85. The predicted octanol–water partition coefficient (Wildman–Crippen LogP) is 3.10. The Hall–Kier alpha value is -0.860. The lowest BCUT2D eigenvalue weighted by atomic mass is 9.89. The fourth-order valence-electron chi connectivity index (χ4n) is 2.77. The lowest BCUT2D eigenvalue weighted by Crippen LogP contribution is -2.36. The second-order valence-electron chi connectivity index (χ2n) is 5.79. The third-order valence-electron chi connectivity index (χ3n) is 4.10. The first-order valence-electron chi connectivity index (χ1n) is 7.04. The fourth-order valence-corrected chi connectivity index (χ4v) is 2.77. The standard InChI is InChI=1S/C16H25NO/c1-11(2)14-6-4-13(5-7-14)10-16(17)15-8-9-18-12(15)3/h4-7,11-12,15-16H,8-10,17H2,1-3H3. The summed E-state index contributed by atoms with van der Waals surface area (Å²) in [5, 5.41) is 0. The Kier molecular flexibility index (Phi) is 4.41. The molecule has 0 aromatic heterocycles. The van der Waals surface area contributed by atoms with Gasteiger partial charge in [0.25, 0.3) is 0 Å². The van der Waals surface area contributed by atoms with E-state index < -0.39 is 0 Å². The maximum absolute atomic E-state index is 6.32. The molecule has 0 saturated carbocycles. The molecule has 1 aromatic carbocycles. The van der Waals surface area contributed by atoms with Crippen LogP contribution >= 0.6 is 0 Å². The van der Waals surface area contributed by atoms with Gasteiger partial charge in [-0.25, -0.2) is 0 Å². The lowest BCUT2D eigenvalue weighted by molar-refractivity contribution is 0.0995. The quantitative estimate of drug-likeness (QED) is 0.887. The van der Waals surface area contributed by atoms with E-state index in [9.17, 15) is 0 Å². The summed E-state index contributed by atoms with van der Waals surface area (Å²) in [5.41, 5.74) is 9.05. The van der Waals surface area contributed by atoms with Crippen molar-refractivity contribution in [2.75, 3.05) is 6.61 Å². The summed E-state index contributed by atoms with van der Waals surface area (Å²) in [6, 6.07) is 9.10. The van der Waals surface area contributed by atoms with Crippen molar-refractivity contribution in [1.82, 2.24) is 0 Å². The molecule has 18 heavy (non-hydrogen) atoms. The van der Waals surface area contributed by atoms with E-state index in [0.717, 1.165) is 19.4 Å². The summed E-state index contributed by atoms with van der Waals surface area (Å²) in [5.74, 6) is 1.10. The van der Waals surface area contributed by atoms with Crippen LogP contribution in [-0.4, -0.2) is 18.8 Å². The first-order chi connectivity index (χ1) is 8.58. The Morgan fingerprint density at radius 2 is 1.94 bits per heavy atom. The van der Waals surface area contributed by atoms with Crippen LogP contribution < -0.4 is 5.73 Å². The molecule has 1 aliphatic rings. The minimum atomic E-state index is 0.215. The van der Waals surface area contributed by atoms with Gasteiger partial charge in [-0.3, -0.25) is 0 Å². The SMILES string of the molecule is CC(C)c1ccc(CC(N)C2CCOC2C)cc1. The fraction of sp³-hybridized carbons (Fsp3) is 0.625. The first-order valence-corrected chi connectivity index (χ1v) is 7.04. The van der Waals surface area contributed by atoms with Crippen LogP contribution in [0.2, 0.25) is 0 Å². The van der Waals surface area contributed by atoms with Crippen molar-refractivity contribution in [3.05, 3.63) is 35.4 Å². The Balaban J connectivity index is 1.96. The van der Waals surface area contributed by atoms with Gasteiger partial charge in [-0.1, -0.05) is 38.1 Å². The minimum absolute atomic E-state index is 0.215. The molecular formula is C16H25NO. The molecule has 0 spiro atoms. The summed E-state index contributed by atoms with van der Waals surface area (Å²) >= 11 is 0. The highest BCUT2D eigenvalue weighted by Gasteiger charge is 2.29. The van der Waals surface area contributed by atoms with Crippen molar-refractivity contribution >= 4 is 0 Å². The van der Waals surface area contributed by atoms with Crippen LogP contribution in [0.15, 0.2) is 24.3 Å². The zero-order valence-corrected chi connectivity index (χ0v) is 11.7. The molecule has 1 aliphatic heterocycles. The van der Waals surface area contributed by atoms with Crippen LogP contribution in [0.1, 0.15) is 44.2 Å². The largest absolute Gasteiger partial charge is 0.378 e. The number of hydrogen-bond acceptors (Lipinski definition) is 2. The van der Waals surface area contributed by atoms with E-state index in [1.807, 2.05) is 0 Å². The smallest absolute Gasteiger partial charge is 0.0590 e. The highest BCUT2D eigenvalue weighted by atomic mass is 16.5. The van der Waals surface area contributed by atoms with Crippen LogP contribution in [0.3, 0.4) is 0 Å². The van der Waals surface area contributed by atoms with Crippen molar-refractivity contribution in [3.63, 3.8) is 0 Å². The van der Waals surface area contributed by atoms with E-state index in [-0.39, 0.29) is 6.04 Å². The van der Waals surface area contributed by atoms with Gasteiger partial charge < -0.3 is 10.5 Å². The molecule has 0 bridgehead atoms. The highest BCUT2D eigenvalue weighted by Crippen LogP contribution is 2.25. The van der Waals surface area contributed by atoms with Crippen LogP contribution in [-0.2, 0) is 11.2 Å². The normalized spacial score (nSPS) is 25.6. The summed E-state index contributed by atoms with van der Waals surface area (Å²) in [4.78, 5) is 0. The Morgan fingerprint density at radius 1 is 1.28 bits per heavy atom. The Bertz CT molecular complexity index is 371. The van der Waals surface area contributed by atoms with Crippen LogP contribution in [0, 0.1) is 5.92 Å². The van der Waals surface area contributed by atoms with Crippen LogP contribution in [0.4, 0.5) is 0 Å². The van der Waals surface area contributed by atoms with Gasteiger partial charge in [-0.2, -0.15) is 0 Å². The van der Waals surface area contributed by atoms with Crippen LogP contribution in [0.5, 0.6) is 0 Å². The van der Waals surface area contributed by atoms with Gasteiger partial charge in [0, 0.05) is 18.6 Å². The molecule has 3 atom stereocenters. The Morgan fingerprint density at radius 3 is 2.44 bits per heavy atom. The van der Waals surface area contributed by atoms with Gasteiger partial charge in [0.2, 0.25) is 0 Å². The van der Waals surface area contributed by atoms with E-state index in [4.69, 9.17) is 10.5 Å². The third kappa shape index (κ3) is 3.12. The van der Waals surface area contributed by atoms with E-state index in [2.05, 4.69) is 45.0 Å². The zero-order valence-electron chi connectivity index (χ0n) is 11.7. The topological polar surface area (TPSA) is 35.2 Å². The monoisotopic (exact) mass is 247 g/mol. The molecular weight excluding hydrogens is 222 g/mol. The molecule has 2 heteroatoms. The van der Waals surface area contributed by atoms with E-state index in [0.29, 0.717) is 17.9 Å². The molecule has 3 unspecified atom stereocenters. The molecule has 2 N–H and O–H groups in total. The summed E-state index contributed by atoms with van der Waals surface area (Å²) < 4.78 is 5.59. The molecule has 0 radical (unpaired) electrons. The molecule has 2 nitrogen and oxygen atoms in total. The summed E-state index contributed by atoms with van der Waals surface area (Å²) in [7, 11) is 0. The van der Waals surface area contributed by atoms with Gasteiger partial charge >= 0.3 is 0 Å². The van der Waals surface area contributed by atoms with Gasteiger partial charge in [-0.05, 0) is 36.8 Å².